The third-order valence-corrected chi connectivity index (χ3v) is 3.16. The molecule has 1 heterocycles. The number of methoxy groups -OCH3 is 1. The van der Waals surface area contributed by atoms with Gasteiger partial charge in [0.15, 0.2) is 5.76 Å². The van der Waals surface area contributed by atoms with E-state index in [4.69, 9.17) is 14.9 Å². The highest BCUT2D eigenvalue weighted by Crippen LogP contribution is 2.35. The molecular formula is C12H12BrNO3. The van der Waals surface area contributed by atoms with Gasteiger partial charge in [0.05, 0.1) is 23.5 Å². The highest BCUT2D eigenvalue weighted by atomic mass is 79.9. The van der Waals surface area contributed by atoms with E-state index in [-0.39, 0.29) is 0 Å². The minimum Gasteiger partial charge on any atom is -0.495 e. The number of aliphatic hydroxyl groups excluding tert-OH is 1. The Morgan fingerprint density at radius 2 is 2.18 bits per heavy atom. The third-order valence-electron chi connectivity index (χ3n) is 2.51. The number of furan rings is 1. The Bertz CT molecular complexity index is 524. The first kappa shape index (κ1) is 12.0. The molecule has 1 aromatic carbocycles. The van der Waals surface area contributed by atoms with Crippen molar-refractivity contribution in [3.63, 3.8) is 0 Å². The van der Waals surface area contributed by atoms with E-state index in [1.165, 1.54) is 13.4 Å². The molecule has 2 aromatic rings. The summed E-state index contributed by atoms with van der Waals surface area (Å²) in [6.07, 6.45) is 0.577. The number of nitrogen functional groups attached to an aromatic ring is 1. The first-order valence-electron chi connectivity index (χ1n) is 4.98. The van der Waals surface area contributed by atoms with Crippen LogP contribution in [-0.2, 0) is 0 Å². The fourth-order valence-electron chi connectivity index (χ4n) is 1.62. The number of anilines is 1. The van der Waals surface area contributed by atoms with Crippen molar-refractivity contribution in [2.24, 2.45) is 0 Å². The number of aliphatic hydroxyl groups is 1. The molecule has 0 bridgehead atoms. The highest BCUT2D eigenvalue weighted by molar-refractivity contribution is 9.10. The number of hydrogen-bond donors (Lipinski definition) is 2. The van der Waals surface area contributed by atoms with Crippen LogP contribution < -0.4 is 10.5 Å². The van der Waals surface area contributed by atoms with E-state index in [1.807, 2.05) is 0 Å². The largest absolute Gasteiger partial charge is 0.495 e. The molecule has 17 heavy (non-hydrogen) atoms. The molecule has 0 spiro atoms. The van der Waals surface area contributed by atoms with Crippen LogP contribution in [0, 0.1) is 0 Å². The summed E-state index contributed by atoms with van der Waals surface area (Å²) in [6, 6.07) is 6.96. The molecule has 0 saturated heterocycles. The van der Waals surface area contributed by atoms with Gasteiger partial charge >= 0.3 is 0 Å². The molecule has 0 aliphatic carbocycles. The maximum absolute atomic E-state index is 10.2. The average molecular weight is 298 g/mol. The zero-order valence-corrected chi connectivity index (χ0v) is 10.8. The summed E-state index contributed by atoms with van der Waals surface area (Å²) in [5.74, 6) is 0.953. The lowest BCUT2D eigenvalue weighted by Crippen LogP contribution is -2.04. The normalized spacial score (nSPS) is 12.4. The van der Waals surface area contributed by atoms with Crippen LogP contribution >= 0.6 is 15.9 Å². The Hall–Kier alpha value is -1.46. The summed E-state index contributed by atoms with van der Waals surface area (Å²) in [5, 5.41) is 10.2. The van der Waals surface area contributed by atoms with Gasteiger partial charge in [0.1, 0.15) is 11.9 Å². The van der Waals surface area contributed by atoms with Crippen LogP contribution in [0.1, 0.15) is 17.4 Å². The van der Waals surface area contributed by atoms with Crippen molar-refractivity contribution in [1.29, 1.82) is 0 Å². The van der Waals surface area contributed by atoms with Crippen molar-refractivity contribution >= 4 is 21.6 Å². The number of para-hydroxylation sites is 1. The van der Waals surface area contributed by atoms with E-state index >= 15 is 0 Å². The van der Waals surface area contributed by atoms with Gasteiger partial charge in [0.2, 0.25) is 0 Å². The second-order valence-corrected chi connectivity index (χ2v) is 4.35. The van der Waals surface area contributed by atoms with Crippen molar-refractivity contribution in [2.75, 3.05) is 12.8 Å². The second-order valence-electron chi connectivity index (χ2n) is 3.50. The van der Waals surface area contributed by atoms with Crippen molar-refractivity contribution < 1.29 is 14.3 Å². The van der Waals surface area contributed by atoms with Crippen molar-refractivity contribution in [1.82, 2.24) is 0 Å². The van der Waals surface area contributed by atoms with Crippen LogP contribution in [0.3, 0.4) is 0 Å². The predicted molar refractivity (Wildman–Crippen MR) is 67.9 cm³/mol. The van der Waals surface area contributed by atoms with Gasteiger partial charge in [-0.15, -0.1) is 0 Å². The van der Waals surface area contributed by atoms with Crippen LogP contribution in [0.5, 0.6) is 5.75 Å². The van der Waals surface area contributed by atoms with Gasteiger partial charge in [-0.2, -0.15) is 0 Å². The summed E-state index contributed by atoms with van der Waals surface area (Å²) in [6.45, 7) is 0. The Kier molecular flexibility index (Phi) is 3.40. The summed E-state index contributed by atoms with van der Waals surface area (Å²) < 4.78 is 11.0. The Balaban J connectivity index is 2.44. The van der Waals surface area contributed by atoms with Crippen molar-refractivity contribution in [3.05, 3.63) is 46.3 Å². The van der Waals surface area contributed by atoms with Crippen molar-refractivity contribution in [3.8, 4) is 5.75 Å². The van der Waals surface area contributed by atoms with Crippen LogP contribution in [0.25, 0.3) is 0 Å². The summed E-state index contributed by atoms with van der Waals surface area (Å²) in [5.41, 5.74) is 6.87. The lowest BCUT2D eigenvalue weighted by Gasteiger charge is -2.14. The molecule has 1 aromatic heterocycles. The molecule has 4 nitrogen and oxygen atoms in total. The molecule has 0 radical (unpaired) electrons. The van der Waals surface area contributed by atoms with Gasteiger partial charge in [-0.1, -0.05) is 12.1 Å². The van der Waals surface area contributed by atoms with E-state index in [0.717, 1.165) is 0 Å². The zero-order chi connectivity index (χ0) is 12.4. The number of halogens is 1. The summed E-state index contributed by atoms with van der Waals surface area (Å²) in [7, 11) is 1.53. The van der Waals surface area contributed by atoms with Gasteiger partial charge in [-0.05, 0) is 28.1 Å². The minimum absolute atomic E-state index is 0.408. The Labute approximate surface area is 107 Å². The lowest BCUT2D eigenvalue weighted by atomic mass is 10.0. The average Bonchev–Trinajstić information content (AvgIpc) is 2.75. The fraction of sp³-hybridized carbons (Fsp3) is 0.167. The van der Waals surface area contributed by atoms with Gasteiger partial charge in [0, 0.05) is 5.56 Å². The predicted octanol–water partition coefficient (Wildman–Crippen LogP) is 2.71. The molecule has 2 rings (SSSR count). The molecule has 0 aliphatic heterocycles. The van der Waals surface area contributed by atoms with E-state index in [1.54, 1.807) is 24.3 Å². The highest BCUT2D eigenvalue weighted by Gasteiger charge is 2.20. The number of benzene rings is 1. The molecule has 5 heteroatoms. The van der Waals surface area contributed by atoms with Crippen LogP contribution in [0.15, 0.2) is 39.4 Å². The first-order chi connectivity index (χ1) is 8.15. The van der Waals surface area contributed by atoms with E-state index < -0.39 is 6.10 Å². The molecule has 0 saturated carbocycles. The van der Waals surface area contributed by atoms with Crippen LogP contribution in [-0.4, -0.2) is 12.2 Å². The van der Waals surface area contributed by atoms with Crippen LogP contribution in [0.2, 0.25) is 0 Å². The van der Waals surface area contributed by atoms with Gasteiger partial charge in [0.25, 0.3) is 0 Å². The smallest absolute Gasteiger partial charge is 0.151 e. The lowest BCUT2D eigenvalue weighted by molar-refractivity contribution is 0.188. The van der Waals surface area contributed by atoms with Gasteiger partial charge < -0.3 is 20.0 Å². The molecule has 1 unspecified atom stereocenters. The number of nitrogens with two attached hydrogens (primary N) is 1. The summed E-state index contributed by atoms with van der Waals surface area (Å²) in [4.78, 5) is 0. The van der Waals surface area contributed by atoms with Crippen molar-refractivity contribution in [2.45, 2.75) is 6.10 Å². The second kappa shape index (κ2) is 4.81. The van der Waals surface area contributed by atoms with E-state index in [0.29, 0.717) is 27.2 Å². The monoisotopic (exact) mass is 297 g/mol. The molecule has 1 atom stereocenters. The maximum atomic E-state index is 10.2. The molecule has 0 fully saturated rings. The number of hydrogen-bond acceptors (Lipinski definition) is 4. The topological polar surface area (TPSA) is 68.6 Å². The number of ether oxygens (including phenoxy) is 1. The standard InChI is InChI=1S/C12H12BrNO3/c1-16-9-4-2-3-7(10(9)14)11(15)12-8(13)5-6-17-12/h2-6,11,15H,14H2,1H3. The third kappa shape index (κ3) is 2.16. The van der Waals surface area contributed by atoms with Gasteiger partial charge in [-0.3, -0.25) is 0 Å². The fourth-order valence-corrected chi connectivity index (χ4v) is 2.04. The molecule has 90 valence electrons. The zero-order valence-electron chi connectivity index (χ0n) is 9.18. The van der Waals surface area contributed by atoms with Crippen LogP contribution in [0.4, 0.5) is 5.69 Å². The molecule has 0 amide bonds. The molecule has 3 N–H and O–H groups in total. The minimum atomic E-state index is -0.922. The SMILES string of the molecule is COc1cccc(C(O)c2occc2Br)c1N. The molecule has 0 aliphatic rings. The first-order valence-corrected chi connectivity index (χ1v) is 5.77. The van der Waals surface area contributed by atoms with E-state index in [9.17, 15) is 5.11 Å². The van der Waals surface area contributed by atoms with E-state index in [2.05, 4.69) is 15.9 Å². The Morgan fingerprint density at radius 1 is 1.41 bits per heavy atom. The summed E-state index contributed by atoms with van der Waals surface area (Å²) >= 11 is 3.30. The number of rotatable bonds is 3. The maximum Gasteiger partial charge on any atom is 0.151 e. The quantitative estimate of drug-likeness (QED) is 0.855. The van der Waals surface area contributed by atoms with Gasteiger partial charge in [-0.25, -0.2) is 0 Å². The molecular weight excluding hydrogens is 286 g/mol. The Morgan fingerprint density at radius 3 is 2.76 bits per heavy atom.